The minimum absolute atomic E-state index is 0.0155. The second-order valence-corrected chi connectivity index (χ2v) is 9.48. The number of anilines is 1. The third-order valence-corrected chi connectivity index (χ3v) is 6.15. The van der Waals surface area contributed by atoms with E-state index < -0.39 is 11.8 Å². The van der Waals surface area contributed by atoms with E-state index in [1.807, 2.05) is 25.2 Å². The molecule has 176 valence electrons. The lowest BCUT2D eigenvalue weighted by atomic mass is 9.72. The Balaban J connectivity index is 2.08. The molecule has 0 unspecified atom stereocenters. The van der Waals surface area contributed by atoms with Gasteiger partial charge < -0.3 is 16.2 Å². The number of hydrogen-bond acceptors (Lipinski definition) is 3. The maximum atomic E-state index is 12.4. The maximum absolute atomic E-state index is 12.4. The predicted octanol–water partition coefficient (Wildman–Crippen LogP) is 6.61. The summed E-state index contributed by atoms with van der Waals surface area (Å²) in [6.07, 6.45) is 15.0. The minimum Gasteiger partial charge on any atom is -0.506 e. The van der Waals surface area contributed by atoms with E-state index in [0.29, 0.717) is 5.57 Å². The van der Waals surface area contributed by atoms with Crippen LogP contribution in [0.1, 0.15) is 64.2 Å². The van der Waals surface area contributed by atoms with Gasteiger partial charge in [0.1, 0.15) is 10.8 Å². The van der Waals surface area contributed by atoms with E-state index in [2.05, 4.69) is 38.2 Å². The molecule has 1 aliphatic rings. The monoisotopic (exact) mass is 468 g/mol. The number of nitrogens with one attached hydrogen (secondary N) is 1. The molecule has 6 heteroatoms. The number of aromatic hydroxyl groups is 1. The summed E-state index contributed by atoms with van der Waals surface area (Å²) >= 11 is 6.03. The van der Waals surface area contributed by atoms with Gasteiger partial charge >= 0.3 is 0 Å². The second kappa shape index (κ2) is 11.2. The molecule has 1 aromatic carbocycles. The Bertz CT molecular complexity index is 1090. The van der Waals surface area contributed by atoms with Crippen molar-refractivity contribution in [3.8, 4) is 5.75 Å². The van der Waals surface area contributed by atoms with E-state index in [4.69, 9.17) is 17.3 Å². The molecule has 0 saturated heterocycles. The van der Waals surface area contributed by atoms with Crippen molar-refractivity contribution < 1.29 is 14.7 Å². The van der Waals surface area contributed by atoms with Gasteiger partial charge in [-0.1, -0.05) is 67.0 Å². The Kier molecular flexibility index (Phi) is 8.89. The molecule has 0 atom stereocenters. The normalized spacial score (nSPS) is 17.2. The van der Waals surface area contributed by atoms with Crippen molar-refractivity contribution in [3.05, 3.63) is 81.5 Å². The number of allylic oxidation sites excluding steroid dienone is 9. The molecule has 33 heavy (non-hydrogen) atoms. The molecular formula is C27H33ClN2O3. The Labute approximate surface area is 201 Å². The average molecular weight is 469 g/mol. The molecule has 5 nitrogen and oxygen atoms in total. The molecule has 0 bridgehead atoms. The molecule has 4 N–H and O–H groups in total. The Morgan fingerprint density at radius 2 is 1.88 bits per heavy atom. The number of hydrogen-bond donors (Lipinski definition) is 3. The molecular weight excluding hydrogens is 436 g/mol. The van der Waals surface area contributed by atoms with Crippen LogP contribution in [0.15, 0.2) is 70.9 Å². The summed E-state index contributed by atoms with van der Waals surface area (Å²) in [6.45, 7) is 10.6. The lowest BCUT2D eigenvalue weighted by Gasteiger charge is -2.32. The van der Waals surface area contributed by atoms with Crippen molar-refractivity contribution in [2.45, 2.75) is 53.9 Å². The summed E-state index contributed by atoms with van der Waals surface area (Å²) in [5, 5.41) is 12.1. The Hall–Kier alpha value is -3.05. The largest absolute Gasteiger partial charge is 0.506 e. The first kappa shape index (κ1) is 26.2. The lowest BCUT2D eigenvalue weighted by molar-refractivity contribution is -0.111. The van der Waals surface area contributed by atoms with Gasteiger partial charge in [0.05, 0.1) is 11.3 Å². The number of halogens is 1. The van der Waals surface area contributed by atoms with Crippen LogP contribution in [0.2, 0.25) is 5.02 Å². The van der Waals surface area contributed by atoms with E-state index in [-0.39, 0.29) is 27.4 Å². The summed E-state index contributed by atoms with van der Waals surface area (Å²) in [5.41, 5.74) is 10.2. The fraction of sp³-hybridized carbons (Fsp3) is 0.333. The molecule has 0 aliphatic heterocycles. The fourth-order valence-electron chi connectivity index (χ4n) is 3.94. The van der Waals surface area contributed by atoms with Gasteiger partial charge in [-0.25, -0.2) is 0 Å². The first-order chi connectivity index (χ1) is 15.4. The van der Waals surface area contributed by atoms with Gasteiger partial charge in [-0.15, -0.1) is 0 Å². The topological polar surface area (TPSA) is 92.4 Å². The Morgan fingerprint density at radius 1 is 1.18 bits per heavy atom. The first-order valence-electron chi connectivity index (χ1n) is 11.0. The highest BCUT2D eigenvalue weighted by Gasteiger charge is 2.26. The number of rotatable bonds is 7. The standard InChI is InChI=1S/C27H33ClN2O3/c1-17(11-13-21-19(3)10-7-15-27(21,4)5)8-6-9-18(2)16-23(32)30-25-20(26(29)33)12-14-22(31)24(25)28/h6,8-9,11-14,16,31H,7,10,15H2,1-5H3,(H2,29,33)(H,30,32). The van der Waals surface area contributed by atoms with Crippen molar-refractivity contribution >= 4 is 29.1 Å². The molecule has 1 aromatic rings. The van der Waals surface area contributed by atoms with Crippen molar-refractivity contribution in [2.75, 3.05) is 5.32 Å². The van der Waals surface area contributed by atoms with Crippen LogP contribution in [0.25, 0.3) is 0 Å². The van der Waals surface area contributed by atoms with Crippen LogP contribution in [0.4, 0.5) is 5.69 Å². The number of amides is 2. The predicted molar refractivity (Wildman–Crippen MR) is 136 cm³/mol. The summed E-state index contributed by atoms with van der Waals surface area (Å²) in [6, 6.07) is 2.56. The SMILES string of the molecule is CC(C=CC1=C(C)CCCC1(C)C)=CC=CC(C)=CC(=O)Nc1c(C(N)=O)ccc(O)c1Cl. The molecule has 0 radical (unpaired) electrons. The smallest absolute Gasteiger partial charge is 0.250 e. The molecule has 0 aromatic heterocycles. The first-order valence-corrected chi connectivity index (χ1v) is 11.3. The van der Waals surface area contributed by atoms with Crippen molar-refractivity contribution in [1.82, 2.24) is 0 Å². The van der Waals surface area contributed by atoms with Gasteiger partial charge in [-0.3, -0.25) is 9.59 Å². The molecule has 0 heterocycles. The molecule has 1 aliphatic carbocycles. The van der Waals surface area contributed by atoms with Gasteiger partial charge in [0.25, 0.3) is 5.91 Å². The van der Waals surface area contributed by atoms with E-state index >= 15 is 0 Å². The highest BCUT2D eigenvalue weighted by molar-refractivity contribution is 6.36. The summed E-state index contributed by atoms with van der Waals surface area (Å²) in [4.78, 5) is 24.0. The van der Waals surface area contributed by atoms with Gasteiger partial charge in [0, 0.05) is 6.08 Å². The zero-order valence-electron chi connectivity index (χ0n) is 20.0. The summed E-state index contributed by atoms with van der Waals surface area (Å²) in [7, 11) is 0. The number of carbonyl (C=O) groups is 2. The van der Waals surface area contributed by atoms with Crippen LogP contribution in [0.3, 0.4) is 0 Å². The van der Waals surface area contributed by atoms with Gasteiger partial charge in [0.2, 0.25) is 5.91 Å². The number of benzene rings is 1. The van der Waals surface area contributed by atoms with Gasteiger partial charge in [-0.05, 0) is 68.7 Å². The summed E-state index contributed by atoms with van der Waals surface area (Å²) < 4.78 is 0. The van der Waals surface area contributed by atoms with Crippen LogP contribution in [-0.4, -0.2) is 16.9 Å². The zero-order valence-corrected chi connectivity index (χ0v) is 20.7. The number of phenols is 1. The molecule has 2 rings (SSSR count). The molecule has 0 saturated carbocycles. The van der Waals surface area contributed by atoms with Crippen molar-refractivity contribution in [3.63, 3.8) is 0 Å². The minimum atomic E-state index is -0.760. The van der Waals surface area contributed by atoms with Crippen LogP contribution < -0.4 is 11.1 Å². The quantitative estimate of drug-likeness (QED) is 0.310. The van der Waals surface area contributed by atoms with E-state index in [9.17, 15) is 14.7 Å². The highest BCUT2D eigenvalue weighted by atomic mass is 35.5. The van der Waals surface area contributed by atoms with E-state index in [1.165, 1.54) is 42.2 Å². The average Bonchev–Trinajstić information content (AvgIpc) is 2.70. The van der Waals surface area contributed by atoms with Crippen molar-refractivity contribution in [2.24, 2.45) is 11.1 Å². The second-order valence-electron chi connectivity index (χ2n) is 9.10. The number of carbonyl (C=O) groups excluding carboxylic acids is 2. The third-order valence-electron chi connectivity index (χ3n) is 5.77. The van der Waals surface area contributed by atoms with Gasteiger partial charge in [-0.2, -0.15) is 0 Å². The summed E-state index contributed by atoms with van der Waals surface area (Å²) in [5.74, 6) is -1.51. The van der Waals surface area contributed by atoms with Crippen LogP contribution in [0, 0.1) is 5.41 Å². The lowest BCUT2D eigenvalue weighted by Crippen LogP contribution is -2.19. The van der Waals surface area contributed by atoms with Crippen molar-refractivity contribution in [1.29, 1.82) is 0 Å². The van der Waals surface area contributed by atoms with Crippen LogP contribution in [0.5, 0.6) is 5.75 Å². The van der Waals surface area contributed by atoms with Crippen LogP contribution in [-0.2, 0) is 4.79 Å². The van der Waals surface area contributed by atoms with E-state index in [0.717, 1.165) is 12.0 Å². The Morgan fingerprint density at radius 3 is 2.52 bits per heavy atom. The molecule has 2 amide bonds. The number of nitrogens with two attached hydrogens (primary N) is 1. The van der Waals surface area contributed by atoms with E-state index in [1.54, 1.807) is 6.92 Å². The fourth-order valence-corrected chi connectivity index (χ4v) is 4.15. The zero-order chi connectivity index (χ0) is 24.8. The third kappa shape index (κ3) is 7.22. The number of phenolic OH excluding ortho intramolecular Hbond substituents is 1. The maximum Gasteiger partial charge on any atom is 0.250 e. The van der Waals surface area contributed by atoms with Crippen LogP contribution >= 0.6 is 11.6 Å². The van der Waals surface area contributed by atoms with Gasteiger partial charge in [0.15, 0.2) is 0 Å². The molecule has 0 spiro atoms. The highest BCUT2D eigenvalue weighted by Crippen LogP contribution is 2.40. The molecule has 0 fully saturated rings. The number of primary amides is 1.